The predicted octanol–water partition coefficient (Wildman–Crippen LogP) is 3.58. The van der Waals surface area contributed by atoms with Crippen LogP contribution in [0.3, 0.4) is 0 Å². The smallest absolute Gasteiger partial charge is 0.251 e. The number of rotatable bonds is 7. The number of hydrogen-bond acceptors (Lipinski definition) is 2. The summed E-state index contributed by atoms with van der Waals surface area (Å²) in [4.78, 5) is 16.2. The topological polar surface area (TPSA) is 65.5 Å². The van der Waals surface area contributed by atoms with Gasteiger partial charge in [0.05, 0.1) is 0 Å². The van der Waals surface area contributed by atoms with Gasteiger partial charge in [-0.15, -0.1) is 24.0 Å². The Morgan fingerprint density at radius 1 is 0.964 bits per heavy atom. The average Bonchev–Trinajstić information content (AvgIpc) is 2.64. The number of hydrogen-bond donors (Lipinski definition) is 3. The number of aryl methyl sites for hydroxylation is 2. The van der Waals surface area contributed by atoms with Crippen LogP contribution in [-0.4, -0.2) is 32.0 Å². The molecule has 0 fully saturated rings. The molecule has 6 heteroatoms. The second-order valence-electron chi connectivity index (χ2n) is 6.66. The zero-order valence-corrected chi connectivity index (χ0v) is 19.5. The van der Waals surface area contributed by atoms with Crippen molar-refractivity contribution in [2.75, 3.05) is 20.1 Å². The van der Waals surface area contributed by atoms with E-state index in [1.165, 1.54) is 16.7 Å². The number of amides is 1. The maximum atomic E-state index is 11.9. The van der Waals surface area contributed by atoms with Gasteiger partial charge in [-0.05, 0) is 50.5 Å². The van der Waals surface area contributed by atoms with Crippen LogP contribution < -0.4 is 16.0 Å². The molecule has 0 aromatic heterocycles. The highest BCUT2D eigenvalue weighted by Gasteiger charge is 2.05. The molecule has 0 heterocycles. The van der Waals surface area contributed by atoms with E-state index in [1.54, 1.807) is 7.05 Å². The maximum Gasteiger partial charge on any atom is 0.251 e. The van der Waals surface area contributed by atoms with Crippen molar-refractivity contribution < 1.29 is 4.79 Å². The SMILES string of the molecule is CCNC(=O)c1cccc(CNC(=NC)NCCc2cc(C)cc(C)c2)c1.I. The van der Waals surface area contributed by atoms with Crippen LogP contribution in [0.15, 0.2) is 47.5 Å². The van der Waals surface area contributed by atoms with Crippen LogP contribution in [0.2, 0.25) is 0 Å². The molecule has 0 saturated heterocycles. The Morgan fingerprint density at radius 2 is 1.68 bits per heavy atom. The van der Waals surface area contributed by atoms with Crippen molar-refractivity contribution >= 4 is 35.8 Å². The van der Waals surface area contributed by atoms with Crippen LogP contribution in [0.4, 0.5) is 0 Å². The molecule has 0 aliphatic carbocycles. The van der Waals surface area contributed by atoms with E-state index < -0.39 is 0 Å². The molecule has 0 aliphatic heterocycles. The molecule has 28 heavy (non-hydrogen) atoms. The second kappa shape index (κ2) is 12.4. The lowest BCUT2D eigenvalue weighted by atomic mass is 10.1. The van der Waals surface area contributed by atoms with Gasteiger partial charge in [-0.25, -0.2) is 0 Å². The van der Waals surface area contributed by atoms with E-state index in [9.17, 15) is 4.79 Å². The molecule has 3 N–H and O–H groups in total. The van der Waals surface area contributed by atoms with Crippen molar-refractivity contribution in [3.05, 3.63) is 70.3 Å². The molecule has 1 amide bonds. The molecule has 2 aromatic rings. The van der Waals surface area contributed by atoms with Crippen molar-refractivity contribution in [3.63, 3.8) is 0 Å². The predicted molar refractivity (Wildman–Crippen MR) is 128 cm³/mol. The zero-order valence-electron chi connectivity index (χ0n) is 17.1. The number of benzene rings is 2. The summed E-state index contributed by atoms with van der Waals surface area (Å²) >= 11 is 0. The van der Waals surface area contributed by atoms with Gasteiger partial charge in [-0.2, -0.15) is 0 Å². The Bertz CT molecular complexity index is 785. The van der Waals surface area contributed by atoms with Gasteiger partial charge >= 0.3 is 0 Å². The summed E-state index contributed by atoms with van der Waals surface area (Å²) < 4.78 is 0. The lowest BCUT2D eigenvalue weighted by molar-refractivity contribution is 0.0955. The minimum absolute atomic E-state index is 0. The fourth-order valence-electron chi connectivity index (χ4n) is 3.03. The number of nitrogens with zero attached hydrogens (tertiary/aromatic N) is 1. The normalized spacial score (nSPS) is 10.8. The lowest BCUT2D eigenvalue weighted by Gasteiger charge is -2.13. The van der Waals surface area contributed by atoms with Gasteiger partial charge < -0.3 is 16.0 Å². The Kier molecular flexibility index (Phi) is 10.6. The molecule has 2 aromatic carbocycles. The maximum absolute atomic E-state index is 11.9. The van der Waals surface area contributed by atoms with Crippen LogP contribution in [-0.2, 0) is 13.0 Å². The number of guanidine groups is 1. The van der Waals surface area contributed by atoms with Crippen molar-refractivity contribution in [2.24, 2.45) is 4.99 Å². The molecule has 0 unspecified atom stereocenters. The minimum Gasteiger partial charge on any atom is -0.356 e. The van der Waals surface area contributed by atoms with Crippen LogP contribution >= 0.6 is 24.0 Å². The molecule has 0 spiro atoms. The fraction of sp³-hybridized carbons (Fsp3) is 0.364. The molecule has 0 aliphatic rings. The van der Waals surface area contributed by atoms with Gasteiger partial charge in [0.2, 0.25) is 0 Å². The summed E-state index contributed by atoms with van der Waals surface area (Å²) in [6.45, 7) is 8.20. The highest BCUT2D eigenvalue weighted by Crippen LogP contribution is 2.09. The molecule has 5 nitrogen and oxygen atoms in total. The standard InChI is InChI=1S/C22H30N4O.HI/c1-5-24-21(27)20-8-6-7-19(14-20)15-26-22(23-4)25-10-9-18-12-16(2)11-17(3)13-18;/h6-8,11-14H,5,9-10,15H2,1-4H3,(H,24,27)(H2,23,25,26);1H. The molecule has 0 atom stereocenters. The van der Waals surface area contributed by atoms with E-state index in [0.717, 1.165) is 24.5 Å². The van der Waals surface area contributed by atoms with Gasteiger partial charge in [0.15, 0.2) is 5.96 Å². The van der Waals surface area contributed by atoms with Crippen molar-refractivity contribution in [1.82, 2.24) is 16.0 Å². The second-order valence-corrected chi connectivity index (χ2v) is 6.66. The summed E-state index contributed by atoms with van der Waals surface area (Å²) in [6, 6.07) is 14.3. The Morgan fingerprint density at radius 3 is 2.32 bits per heavy atom. The quantitative estimate of drug-likeness (QED) is 0.313. The van der Waals surface area contributed by atoms with E-state index in [4.69, 9.17) is 0 Å². The van der Waals surface area contributed by atoms with E-state index in [1.807, 2.05) is 31.2 Å². The average molecular weight is 494 g/mol. The van der Waals surface area contributed by atoms with Crippen LogP contribution in [0.5, 0.6) is 0 Å². The van der Waals surface area contributed by atoms with Crippen LogP contribution in [0.1, 0.15) is 39.5 Å². The van der Waals surface area contributed by atoms with Crippen molar-refractivity contribution in [1.29, 1.82) is 0 Å². The first-order valence-corrected chi connectivity index (χ1v) is 9.40. The largest absolute Gasteiger partial charge is 0.356 e. The Balaban J connectivity index is 0.00000392. The van der Waals surface area contributed by atoms with E-state index in [2.05, 4.69) is 53.0 Å². The van der Waals surface area contributed by atoms with Gasteiger partial charge in [-0.3, -0.25) is 9.79 Å². The number of carbonyl (C=O) groups excluding carboxylic acids is 1. The van der Waals surface area contributed by atoms with Gasteiger partial charge in [0.25, 0.3) is 5.91 Å². The summed E-state index contributed by atoms with van der Waals surface area (Å²) in [5.74, 6) is 0.707. The third kappa shape index (κ3) is 7.88. The van der Waals surface area contributed by atoms with Gasteiger partial charge in [0, 0.05) is 32.2 Å². The van der Waals surface area contributed by atoms with E-state index in [0.29, 0.717) is 18.7 Å². The highest BCUT2D eigenvalue weighted by molar-refractivity contribution is 14.0. The molecule has 0 radical (unpaired) electrons. The molecule has 2 rings (SSSR count). The fourth-order valence-corrected chi connectivity index (χ4v) is 3.03. The molecule has 0 saturated carbocycles. The first kappa shape index (κ1) is 23.9. The zero-order chi connectivity index (χ0) is 19.6. The summed E-state index contributed by atoms with van der Waals surface area (Å²) in [6.07, 6.45) is 0.940. The van der Waals surface area contributed by atoms with E-state index >= 15 is 0 Å². The lowest BCUT2D eigenvalue weighted by Crippen LogP contribution is -2.37. The third-order valence-electron chi connectivity index (χ3n) is 4.20. The molecular weight excluding hydrogens is 463 g/mol. The van der Waals surface area contributed by atoms with Crippen molar-refractivity contribution in [3.8, 4) is 0 Å². The van der Waals surface area contributed by atoms with Gasteiger partial charge in [0.1, 0.15) is 0 Å². The minimum atomic E-state index is -0.0460. The Labute approximate surface area is 185 Å². The van der Waals surface area contributed by atoms with Gasteiger partial charge in [-0.1, -0.05) is 41.5 Å². The first-order valence-electron chi connectivity index (χ1n) is 9.40. The highest BCUT2D eigenvalue weighted by atomic mass is 127. The van der Waals surface area contributed by atoms with E-state index in [-0.39, 0.29) is 29.9 Å². The van der Waals surface area contributed by atoms with Crippen molar-refractivity contribution in [2.45, 2.75) is 33.7 Å². The van der Waals surface area contributed by atoms with Crippen LogP contribution in [0, 0.1) is 13.8 Å². The van der Waals surface area contributed by atoms with Crippen LogP contribution in [0.25, 0.3) is 0 Å². The summed E-state index contributed by atoms with van der Waals surface area (Å²) in [5, 5.41) is 9.47. The Hall–Kier alpha value is -2.09. The summed E-state index contributed by atoms with van der Waals surface area (Å²) in [5.41, 5.74) is 5.62. The number of carbonyl (C=O) groups is 1. The number of aliphatic imine (C=N–C) groups is 1. The molecular formula is C22H31IN4O. The monoisotopic (exact) mass is 494 g/mol. The third-order valence-corrected chi connectivity index (χ3v) is 4.20. The molecule has 0 bridgehead atoms. The number of halogens is 1. The first-order chi connectivity index (χ1) is 13.0. The summed E-state index contributed by atoms with van der Waals surface area (Å²) in [7, 11) is 1.76. The molecule has 152 valence electrons. The number of nitrogens with one attached hydrogen (secondary N) is 3.